The van der Waals surface area contributed by atoms with Crippen LogP contribution in [0.25, 0.3) is 11.3 Å². The smallest absolute Gasteiger partial charge is 0.233 e. The highest BCUT2D eigenvalue weighted by atomic mass is 32.2. The fraction of sp³-hybridized carbons (Fsp3) is 0.444. The summed E-state index contributed by atoms with van der Waals surface area (Å²) in [7, 11) is 0. The first kappa shape index (κ1) is 14.8. The van der Waals surface area contributed by atoms with Gasteiger partial charge in [0.25, 0.3) is 0 Å². The summed E-state index contributed by atoms with van der Waals surface area (Å²) in [5, 5.41) is 3.93. The predicted octanol–water partition coefficient (Wildman–Crippen LogP) is 3.64. The minimum Gasteiger partial charge on any atom is -0.352 e. The fourth-order valence-electron chi connectivity index (χ4n) is 2.70. The molecule has 120 valence electrons. The van der Waals surface area contributed by atoms with Gasteiger partial charge in [-0.15, -0.1) is 0 Å². The number of nitrogens with one attached hydrogen (secondary N) is 1. The zero-order valence-corrected chi connectivity index (χ0v) is 14.1. The molecule has 1 N–H and O–H groups in total. The molecule has 1 amide bonds. The van der Waals surface area contributed by atoms with Crippen LogP contribution in [0.2, 0.25) is 0 Å². The van der Waals surface area contributed by atoms with E-state index in [2.05, 4.69) is 39.1 Å². The maximum absolute atomic E-state index is 12.2. The highest BCUT2D eigenvalue weighted by molar-refractivity contribution is 8.00. The summed E-state index contributed by atoms with van der Waals surface area (Å²) in [4.78, 5) is 16.8. The Bertz CT molecular complexity index is 704. The van der Waals surface area contributed by atoms with Gasteiger partial charge in [0.2, 0.25) is 5.91 Å². The second-order valence-corrected chi connectivity index (χ2v) is 7.74. The van der Waals surface area contributed by atoms with Crippen LogP contribution in [0.5, 0.6) is 0 Å². The molecule has 0 aliphatic heterocycles. The van der Waals surface area contributed by atoms with Gasteiger partial charge < -0.3 is 9.88 Å². The third-order valence-electron chi connectivity index (χ3n) is 4.32. The topological polar surface area (TPSA) is 46.9 Å². The molecule has 1 aromatic carbocycles. The molecule has 2 saturated carbocycles. The van der Waals surface area contributed by atoms with E-state index in [4.69, 9.17) is 0 Å². The zero-order valence-electron chi connectivity index (χ0n) is 13.2. The van der Waals surface area contributed by atoms with Crippen molar-refractivity contribution in [2.45, 2.75) is 55.1 Å². The lowest BCUT2D eigenvalue weighted by Crippen LogP contribution is -2.32. The quantitative estimate of drug-likeness (QED) is 0.824. The van der Waals surface area contributed by atoms with Crippen molar-refractivity contribution < 1.29 is 4.79 Å². The molecular weight excluding hydrogens is 306 g/mol. The van der Waals surface area contributed by atoms with Crippen molar-refractivity contribution in [2.75, 3.05) is 0 Å². The lowest BCUT2D eigenvalue weighted by molar-refractivity contribution is -0.120. The van der Waals surface area contributed by atoms with E-state index < -0.39 is 0 Å². The molecule has 1 atom stereocenters. The number of amides is 1. The third kappa shape index (κ3) is 3.29. The van der Waals surface area contributed by atoms with Gasteiger partial charge in [-0.25, -0.2) is 4.98 Å². The molecule has 2 aliphatic carbocycles. The molecular formula is C18H21N3OS. The first-order valence-electron chi connectivity index (χ1n) is 8.32. The number of nitrogens with zero attached hydrogens (tertiary/aromatic N) is 2. The zero-order chi connectivity index (χ0) is 15.8. The van der Waals surface area contributed by atoms with Crippen molar-refractivity contribution in [1.29, 1.82) is 0 Å². The molecule has 2 aliphatic rings. The van der Waals surface area contributed by atoms with Crippen LogP contribution in [-0.2, 0) is 4.79 Å². The maximum Gasteiger partial charge on any atom is 0.233 e. The molecule has 2 aromatic rings. The Hall–Kier alpha value is -1.75. The van der Waals surface area contributed by atoms with Gasteiger partial charge in [-0.05, 0) is 38.2 Å². The molecule has 0 bridgehead atoms. The number of hydrogen-bond acceptors (Lipinski definition) is 3. The number of benzene rings is 1. The van der Waals surface area contributed by atoms with Gasteiger partial charge in [0.05, 0.1) is 17.1 Å². The largest absolute Gasteiger partial charge is 0.352 e. The van der Waals surface area contributed by atoms with E-state index in [-0.39, 0.29) is 11.2 Å². The molecule has 0 saturated heterocycles. The van der Waals surface area contributed by atoms with E-state index in [0.717, 1.165) is 23.7 Å². The Kier molecular flexibility index (Phi) is 3.89. The summed E-state index contributed by atoms with van der Waals surface area (Å²) < 4.78 is 2.32. The standard InChI is InChI=1S/C18H21N3OS/c1-12(17(22)20-14-7-8-14)23-18-19-11-16(21(18)15-9-10-15)13-5-3-2-4-6-13/h2-6,11-12,14-15H,7-10H2,1H3,(H,20,22). The Labute approximate surface area is 140 Å². The minimum absolute atomic E-state index is 0.112. The van der Waals surface area contributed by atoms with Crippen LogP contribution in [-0.4, -0.2) is 26.8 Å². The number of carbonyl (C=O) groups is 1. The number of thioether (sulfide) groups is 1. The summed E-state index contributed by atoms with van der Waals surface area (Å²) in [6.45, 7) is 1.97. The highest BCUT2D eigenvalue weighted by Gasteiger charge is 2.31. The molecule has 2 fully saturated rings. The molecule has 0 radical (unpaired) electrons. The van der Waals surface area contributed by atoms with Crippen molar-refractivity contribution in [3.8, 4) is 11.3 Å². The van der Waals surface area contributed by atoms with Gasteiger partial charge >= 0.3 is 0 Å². The number of hydrogen-bond donors (Lipinski definition) is 1. The van der Waals surface area contributed by atoms with Gasteiger partial charge in [-0.1, -0.05) is 42.1 Å². The first-order valence-corrected chi connectivity index (χ1v) is 9.20. The minimum atomic E-state index is -0.112. The van der Waals surface area contributed by atoms with Crippen molar-refractivity contribution in [1.82, 2.24) is 14.9 Å². The van der Waals surface area contributed by atoms with E-state index >= 15 is 0 Å². The third-order valence-corrected chi connectivity index (χ3v) is 5.40. The van der Waals surface area contributed by atoms with Crippen LogP contribution < -0.4 is 5.32 Å². The summed E-state index contributed by atoms with van der Waals surface area (Å²) in [6, 6.07) is 11.3. The lowest BCUT2D eigenvalue weighted by atomic mass is 10.2. The van der Waals surface area contributed by atoms with Gasteiger partial charge in [0.15, 0.2) is 5.16 Å². The second kappa shape index (κ2) is 6.04. The average Bonchev–Trinajstić information content (AvgIpc) is 3.49. The van der Waals surface area contributed by atoms with E-state index in [1.807, 2.05) is 19.2 Å². The Morgan fingerprint density at radius 3 is 2.65 bits per heavy atom. The summed E-state index contributed by atoms with van der Waals surface area (Å²) >= 11 is 1.57. The number of carbonyl (C=O) groups excluding carboxylic acids is 1. The van der Waals surface area contributed by atoms with Gasteiger partial charge in [-0.2, -0.15) is 0 Å². The second-order valence-electron chi connectivity index (χ2n) is 6.44. The van der Waals surface area contributed by atoms with E-state index in [1.54, 1.807) is 11.8 Å². The van der Waals surface area contributed by atoms with E-state index in [0.29, 0.717) is 12.1 Å². The molecule has 4 rings (SSSR count). The summed E-state index contributed by atoms with van der Waals surface area (Å²) in [6.07, 6.45) is 6.59. The van der Waals surface area contributed by atoms with E-state index in [9.17, 15) is 4.79 Å². The van der Waals surface area contributed by atoms with Crippen LogP contribution in [0.1, 0.15) is 38.6 Å². The van der Waals surface area contributed by atoms with Crippen molar-refractivity contribution in [3.05, 3.63) is 36.5 Å². The van der Waals surface area contributed by atoms with Crippen LogP contribution in [0.3, 0.4) is 0 Å². The predicted molar refractivity (Wildman–Crippen MR) is 92.4 cm³/mol. The van der Waals surface area contributed by atoms with Crippen molar-refractivity contribution >= 4 is 17.7 Å². The molecule has 0 spiro atoms. The number of aromatic nitrogens is 2. The SMILES string of the molecule is CC(Sc1ncc(-c2ccccc2)n1C1CC1)C(=O)NC1CC1. The van der Waals surface area contributed by atoms with Crippen LogP contribution in [0, 0.1) is 0 Å². The molecule has 1 heterocycles. The lowest BCUT2D eigenvalue weighted by Gasteiger charge is -2.14. The van der Waals surface area contributed by atoms with Crippen LogP contribution >= 0.6 is 11.8 Å². The number of rotatable bonds is 6. The molecule has 4 nitrogen and oxygen atoms in total. The summed E-state index contributed by atoms with van der Waals surface area (Å²) in [5.74, 6) is 0.129. The van der Waals surface area contributed by atoms with Crippen molar-refractivity contribution in [3.63, 3.8) is 0 Å². The highest BCUT2D eigenvalue weighted by Crippen LogP contribution is 2.42. The first-order chi connectivity index (χ1) is 11.2. The molecule has 5 heteroatoms. The van der Waals surface area contributed by atoms with Crippen LogP contribution in [0.15, 0.2) is 41.7 Å². The maximum atomic E-state index is 12.2. The van der Waals surface area contributed by atoms with E-state index in [1.165, 1.54) is 18.4 Å². The van der Waals surface area contributed by atoms with Crippen LogP contribution in [0.4, 0.5) is 0 Å². The Balaban J connectivity index is 1.56. The Morgan fingerprint density at radius 1 is 1.26 bits per heavy atom. The fourth-order valence-corrected chi connectivity index (χ4v) is 3.66. The monoisotopic (exact) mass is 327 g/mol. The van der Waals surface area contributed by atoms with Gasteiger partial charge in [0.1, 0.15) is 0 Å². The normalized spacial score (nSPS) is 18.7. The summed E-state index contributed by atoms with van der Waals surface area (Å²) in [5.41, 5.74) is 2.35. The van der Waals surface area contributed by atoms with Gasteiger partial charge in [-0.3, -0.25) is 4.79 Å². The molecule has 1 aromatic heterocycles. The average molecular weight is 327 g/mol. The molecule has 1 unspecified atom stereocenters. The number of imidazole rings is 1. The Morgan fingerprint density at radius 2 is 2.00 bits per heavy atom. The van der Waals surface area contributed by atoms with Crippen molar-refractivity contribution in [2.24, 2.45) is 0 Å². The van der Waals surface area contributed by atoms with Gasteiger partial charge in [0, 0.05) is 12.1 Å². The molecule has 23 heavy (non-hydrogen) atoms.